The lowest BCUT2D eigenvalue weighted by atomic mass is 10.0. The maximum atomic E-state index is 14.6. The van der Waals surface area contributed by atoms with Crippen LogP contribution < -0.4 is 76.9 Å². The Hall–Kier alpha value is -8.78. The van der Waals surface area contributed by atoms with Crippen LogP contribution >= 0.6 is 0 Å². The molecular weight excluding hydrogens is 987 g/mol. The Morgan fingerprint density at radius 3 is 1.89 bits per heavy atom. The molecule has 0 saturated carbocycles. The van der Waals surface area contributed by atoms with Gasteiger partial charge >= 0.3 is 0 Å². The first-order valence-electron chi connectivity index (χ1n) is 24.8. The second-order valence-electron chi connectivity index (χ2n) is 18.2. The van der Waals surface area contributed by atoms with Crippen molar-refractivity contribution in [3.8, 4) is 0 Å². The van der Waals surface area contributed by atoms with Crippen LogP contribution in [0, 0.1) is 0 Å². The van der Waals surface area contributed by atoms with Gasteiger partial charge in [0.15, 0.2) is 11.9 Å². The standard InChI is InChI=1S/C49H71N17O10/c1-27(67)60-33(16-9-21-57-48(52)53)42(71)66-38-25-40(69)56-20-8-7-15-32(41(51)70)61-46(75)37(24-29-26-59-31-14-6-5-13-30(29)31)65-43(72)34(17-10-22-58-49(54)55)62-45(74)36(23-28-11-3-2-4-12-28)64-44(73)35(63-47(38)76)18-19-39(50)68/h2-6,11-14,26,32-38,59H,7-10,15-25H2,1H3,(H2,50,68)(H2,51,70)(H,56,69)(H,60,67)(H,61,75)(H,62,74)(H,63,76)(H,64,73)(H,65,72)(H,66,71)(H4,52,53,57)(H4,54,55,58)/t32-,33?,34-,35-,36+,37-,38-/m0/s1. The van der Waals surface area contributed by atoms with E-state index in [-0.39, 0.29) is 89.3 Å². The number of guanidine groups is 2. The molecule has 27 heteroatoms. The molecule has 1 aliphatic heterocycles. The molecule has 0 radical (unpaired) electrons. The average Bonchev–Trinajstić information content (AvgIpc) is 3.77. The predicted molar refractivity (Wildman–Crippen MR) is 280 cm³/mol. The number of nitrogens with two attached hydrogens (primary N) is 6. The Morgan fingerprint density at radius 2 is 1.25 bits per heavy atom. The number of rotatable bonds is 19. The van der Waals surface area contributed by atoms with Crippen molar-refractivity contribution in [3.63, 3.8) is 0 Å². The molecule has 7 atom stereocenters. The highest BCUT2D eigenvalue weighted by Crippen LogP contribution is 2.20. The van der Waals surface area contributed by atoms with Crippen molar-refractivity contribution in [2.75, 3.05) is 19.6 Å². The lowest BCUT2D eigenvalue weighted by molar-refractivity contribution is -0.136. The summed E-state index contributed by atoms with van der Waals surface area (Å²) >= 11 is 0. The maximum absolute atomic E-state index is 14.6. The van der Waals surface area contributed by atoms with Gasteiger partial charge in [-0.3, -0.25) is 57.9 Å². The summed E-state index contributed by atoms with van der Waals surface area (Å²) in [6, 6.07) is 5.65. The topological polar surface area (TPSA) is 464 Å². The molecule has 1 fully saturated rings. The van der Waals surface area contributed by atoms with Crippen molar-refractivity contribution in [3.05, 3.63) is 71.9 Å². The largest absolute Gasteiger partial charge is 0.370 e. The van der Waals surface area contributed by atoms with Crippen molar-refractivity contribution >= 4 is 81.9 Å². The van der Waals surface area contributed by atoms with E-state index in [1.165, 1.54) is 6.92 Å². The molecule has 0 spiro atoms. The molecule has 0 aliphatic carbocycles. The van der Waals surface area contributed by atoms with Gasteiger partial charge in [0.25, 0.3) is 0 Å². The van der Waals surface area contributed by atoms with Crippen molar-refractivity contribution in [1.82, 2.24) is 47.5 Å². The summed E-state index contributed by atoms with van der Waals surface area (Å²) in [5, 5.41) is 21.6. The molecule has 1 aliphatic rings. The number of primary amides is 2. The first-order valence-corrected chi connectivity index (χ1v) is 24.8. The molecule has 27 nitrogen and oxygen atoms in total. The van der Waals surface area contributed by atoms with Crippen LogP contribution in [0.5, 0.6) is 0 Å². The SMILES string of the molecule is CC(=O)NC(CCCN=C(N)N)C(=O)N[C@H]1CC(=O)NCCCC[C@@H](C(N)=O)NC(=O)[C@H](Cc2c[nH]c3ccccc23)NC(=O)[C@H](CCCN=C(N)N)NC(=O)[C@@H](Cc2ccccc2)NC(=O)[C@H](CCC(N)=O)NC1=O. The van der Waals surface area contributed by atoms with Gasteiger partial charge in [0.2, 0.25) is 59.1 Å². The van der Waals surface area contributed by atoms with E-state index in [1.807, 2.05) is 18.2 Å². The van der Waals surface area contributed by atoms with E-state index in [0.29, 0.717) is 11.1 Å². The molecular formula is C49H71N17O10. The zero-order chi connectivity index (χ0) is 55.7. The molecule has 3 aromatic rings. The number of nitrogens with one attached hydrogen (secondary N) is 9. The van der Waals surface area contributed by atoms with Gasteiger partial charge in [-0.05, 0) is 68.6 Å². The first-order chi connectivity index (χ1) is 36.2. The van der Waals surface area contributed by atoms with Gasteiger partial charge in [-0.25, -0.2) is 0 Å². The highest BCUT2D eigenvalue weighted by atomic mass is 16.2. The molecule has 2 heterocycles. The van der Waals surface area contributed by atoms with E-state index in [4.69, 9.17) is 34.4 Å². The van der Waals surface area contributed by atoms with Crippen LogP contribution in [0.25, 0.3) is 10.9 Å². The number of H-pyrrole nitrogens is 1. The highest BCUT2D eigenvalue weighted by Gasteiger charge is 2.35. The summed E-state index contributed by atoms with van der Waals surface area (Å²) in [4.78, 5) is 148. The number of aromatic nitrogens is 1. The number of carbonyl (C=O) groups excluding carboxylic acids is 10. The lowest BCUT2D eigenvalue weighted by Gasteiger charge is -2.28. The van der Waals surface area contributed by atoms with Crippen LogP contribution in [0.3, 0.4) is 0 Å². The van der Waals surface area contributed by atoms with Crippen molar-refractivity contribution in [2.45, 2.75) is 126 Å². The second kappa shape index (κ2) is 30.4. The third kappa shape index (κ3) is 20.6. The molecule has 76 heavy (non-hydrogen) atoms. The minimum atomic E-state index is -1.71. The monoisotopic (exact) mass is 1060 g/mol. The molecule has 1 saturated heterocycles. The quantitative estimate of drug-likeness (QED) is 0.0309. The normalized spacial score (nSPS) is 20.9. The van der Waals surface area contributed by atoms with E-state index in [1.54, 1.807) is 42.6 Å². The van der Waals surface area contributed by atoms with E-state index >= 15 is 0 Å². The first kappa shape index (κ1) is 59.8. The number of nitrogens with zero attached hydrogens (tertiary/aromatic N) is 2. The fraction of sp³-hybridized carbons (Fsp3) is 0.469. The van der Waals surface area contributed by atoms with Crippen LogP contribution in [-0.2, 0) is 60.8 Å². The third-order valence-electron chi connectivity index (χ3n) is 12.1. The number of fused-ring (bicyclic) bond motifs is 1. The summed E-state index contributed by atoms with van der Waals surface area (Å²) in [5.74, 6) is -8.97. The number of hydrogen-bond donors (Lipinski definition) is 15. The van der Waals surface area contributed by atoms with Crippen LogP contribution in [0.15, 0.2) is 70.8 Å². The Morgan fingerprint density at radius 1 is 0.671 bits per heavy atom. The van der Waals surface area contributed by atoms with E-state index < -0.39 is 121 Å². The van der Waals surface area contributed by atoms with Gasteiger partial charge in [-0.2, -0.15) is 0 Å². The van der Waals surface area contributed by atoms with Crippen LogP contribution in [0.2, 0.25) is 0 Å². The number of para-hydroxylation sites is 1. The third-order valence-corrected chi connectivity index (χ3v) is 12.1. The maximum Gasteiger partial charge on any atom is 0.243 e. The average molecular weight is 1060 g/mol. The lowest BCUT2D eigenvalue weighted by Crippen LogP contribution is -2.60. The minimum Gasteiger partial charge on any atom is -0.370 e. The number of benzene rings is 2. The van der Waals surface area contributed by atoms with Crippen molar-refractivity contribution in [1.29, 1.82) is 0 Å². The van der Waals surface area contributed by atoms with E-state index in [9.17, 15) is 47.9 Å². The van der Waals surface area contributed by atoms with Crippen LogP contribution in [0.1, 0.15) is 82.3 Å². The molecule has 1 aromatic heterocycles. The molecule has 10 amide bonds. The zero-order valence-electron chi connectivity index (χ0n) is 42.4. The number of amides is 10. The number of aromatic amines is 1. The Kier molecular flexibility index (Phi) is 23.9. The molecule has 0 bridgehead atoms. The van der Waals surface area contributed by atoms with E-state index in [0.717, 1.165) is 10.9 Å². The van der Waals surface area contributed by atoms with Gasteiger partial charge in [0.1, 0.15) is 42.3 Å². The van der Waals surface area contributed by atoms with Gasteiger partial charge in [0, 0.05) is 62.9 Å². The molecule has 4 rings (SSSR count). The Labute approximate surface area is 438 Å². The minimum absolute atomic E-state index is 0.000494. The highest BCUT2D eigenvalue weighted by molar-refractivity contribution is 5.99. The molecule has 412 valence electrons. The molecule has 21 N–H and O–H groups in total. The molecule has 1 unspecified atom stereocenters. The van der Waals surface area contributed by atoms with Gasteiger partial charge in [-0.1, -0.05) is 48.5 Å². The summed E-state index contributed by atoms with van der Waals surface area (Å²) in [5.41, 5.74) is 35.2. The summed E-state index contributed by atoms with van der Waals surface area (Å²) in [7, 11) is 0. The second-order valence-corrected chi connectivity index (χ2v) is 18.2. The smallest absolute Gasteiger partial charge is 0.243 e. The predicted octanol–water partition coefficient (Wildman–Crippen LogP) is -4.09. The van der Waals surface area contributed by atoms with Gasteiger partial charge in [0.05, 0.1) is 6.42 Å². The zero-order valence-corrected chi connectivity index (χ0v) is 42.4. The van der Waals surface area contributed by atoms with Crippen molar-refractivity contribution < 1.29 is 47.9 Å². The van der Waals surface area contributed by atoms with Gasteiger partial charge < -0.3 is 81.9 Å². The number of hydrogen-bond acceptors (Lipinski definition) is 12. The Balaban J connectivity index is 1.79. The summed E-state index contributed by atoms with van der Waals surface area (Å²) in [6.45, 7) is 1.27. The fourth-order valence-electron chi connectivity index (χ4n) is 8.22. The number of aliphatic imine (C=N–C) groups is 2. The molecule has 2 aromatic carbocycles. The summed E-state index contributed by atoms with van der Waals surface area (Å²) in [6.07, 6.45) is 0.523. The van der Waals surface area contributed by atoms with Gasteiger partial charge in [-0.15, -0.1) is 0 Å². The fourth-order valence-corrected chi connectivity index (χ4v) is 8.22. The van der Waals surface area contributed by atoms with E-state index in [2.05, 4.69) is 57.5 Å². The van der Waals surface area contributed by atoms with Crippen molar-refractivity contribution in [2.24, 2.45) is 44.4 Å². The van der Waals surface area contributed by atoms with Crippen LogP contribution in [-0.4, -0.2) is 138 Å². The number of carbonyl (C=O) groups is 10. The summed E-state index contributed by atoms with van der Waals surface area (Å²) < 4.78 is 0. The Bertz CT molecular complexity index is 2580. The van der Waals surface area contributed by atoms with Crippen LogP contribution in [0.4, 0.5) is 0 Å².